The molecule has 0 aliphatic carbocycles. The Kier molecular flexibility index (Phi) is 4.59. The Bertz CT molecular complexity index is 892. The molecule has 1 aromatic carbocycles. The average molecular weight is 364 g/mol. The van der Waals surface area contributed by atoms with Gasteiger partial charge in [0.25, 0.3) is 11.6 Å². The molecule has 0 bridgehead atoms. The Morgan fingerprint density at radius 3 is 2.92 bits per heavy atom. The molecule has 0 spiro atoms. The number of nitrogens with zero attached hydrogens (tertiary/aromatic N) is 2. The number of nitro groups is 1. The first-order valence-electron chi connectivity index (χ1n) is 6.76. The van der Waals surface area contributed by atoms with Gasteiger partial charge in [-0.15, -0.1) is 11.3 Å². The number of hydrogen-bond donors (Lipinski definition) is 1. The van der Waals surface area contributed by atoms with E-state index in [9.17, 15) is 14.9 Å². The van der Waals surface area contributed by atoms with E-state index in [1.807, 2.05) is 17.5 Å². The van der Waals surface area contributed by atoms with Crippen LogP contribution in [0.3, 0.4) is 0 Å². The highest BCUT2D eigenvalue weighted by Crippen LogP contribution is 2.25. The van der Waals surface area contributed by atoms with Gasteiger partial charge in [0.1, 0.15) is 11.3 Å². The third-order valence-corrected chi connectivity index (χ3v) is 4.27. The Morgan fingerprint density at radius 2 is 2.21 bits per heavy atom. The molecule has 0 radical (unpaired) electrons. The number of nitrogens with one attached hydrogen (secondary N) is 1. The summed E-state index contributed by atoms with van der Waals surface area (Å²) in [6.45, 7) is 0.0807. The minimum absolute atomic E-state index is 0.0807. The van der Waals surface area contributed by atoms with Gasteiger partial charge in [0.2, 0.25) is 0 Å². The van der Waals surface area contributed by atoms with Crippen LogP contribution in [-0.4, -0.2) is 16.0 Å². The lowest BCUT2D eigenvalue weighted by Crippen LogP contribution is -2.23. The number of nitro benzene ring substituents is 1. The fraction of sp³-hybridized carbons (Fsp3) is 0.0667. The molecular weight excluding hydrogens is 354 g/mol. The van der Waals surface area contributed by atoms with Crippen molar-refractivity contribution in [2.45, 2.75) is 6.54 Å². The monoisotopic (exact) mass is 363 g/mol. The number of thiophene rings is 1. The Morgan fingerprint density at radius 1 is 1.38 bits per heavy atom. The van der Waals surface area contributed by atoms with E-state index in [2.05, 4.69) is 10.5 Å². The smallest absolute Gasteiger partial charge is 0.282 e. The van der Waals surface area contributed by atoms with Gasteiger partial charge in [-0.1, -0.05) is 22.8 Å². The van der Waals surface area contributed by atoms with Gasteiger partial charge in [-0.2, -0.15) is 0 Å². The van der Waals surface area contributed by atoms with Crippen molar-refractivity contribution >= 4 is 34.5 Å². The number of carbonyl (C=O) groups excluding carboxylic acids is 1. The second-order valence-corrected chi connectivity index (χ2v) is 6.15. The number of rotatable bonds is 5. The van der Waals surface area contributed by atoms with E-state index in [0.717, 1.165) is 4.88 Å². The summed E-state index contributed by atoms with van der Waals surface area (Å²) in [4.78, 5) is 23.5. The Labute approximate surface area is 145 Å². The van der Waals surface area contributed by atoms with E-state index in [1.165, 1.54) is 29.5 Å². The first-order chi connectivity index (χ1) is 11.5. The second-order valence-electron chi connectivity index (χ2n) is 4.76. The van der Waals surface area contributed by atoms with Gasteiger partial charge in [0.05, 0.1) is 16.3 Å². The normalized spacial score (nSPS) is 10.5. The van der Waals surface area contributed by atoms with E-state index < -0.39 is 10.8 Å². The van der Waals surface area contributed by atoms with Crippen molar-refractivity contribution in [3.05, 3.63) is 68.2 Å². The molecule has 9 heteroatoms. The molecule has 3 aromatic rings. The van der Waals surface area contributed by atoms with Crippen molar-refractivity contribution in [1.29, 1.82) is 0 Å². The molecular formula is C15H10ClN3O4S. The van der Waals surface area contributed by atoms with Crippen LogP contribution in [0.4, 0.5) is 5.69 Å². The number of carbonyl (C=O) groups is 1. The van der Waals surface area contributed by atoms with Crippen LogP contribution < -0.4 is 5.32 Å². The van der Waals surface area contributed by atoms with Gasteiger partial charge in [0.15, 0.2) is 5.76 Å². The summed E-state index contributed by atoms with van der Waals surface area (Å²) in [5, 5.41) is 19.6. The van der Waals surface area contributed by atoms with Crippen molar-refractivity contribution in [3.8, 4) is 10.6 Å². The summed E-state index contributed by atoms with van der Waals surface area (Å²) in [5.74, 6) is -0.00661. The predicted octanol–water partition coefficient (Wildman–Crippen LogP) is 3.89. The zero-order valence-corrected chi connectivity index (χ0v) is 13.6. The van der Waals surface area contributed by atoms with E-state index in [0.29, 0.717) is 11.5 Å². The second kappa shape index (κ2) is 6.81. The van der Waals surface area contributed by atoms with Gasteiger partial charge in [-0.3, -0.25) is 14.9 Å². The molecule has 0 fully saturated rings. The quantitative estimate of drug-likeness (QED) is 0.547. The van der Waals surface area contributed by atoms with Crippen LogP contribution in [0.1, 0.15) is 16.1 Å². The van der Waals surface area contributed by atoms with Gasteiger partial charge in [-0.05, 0) is 23.6 Å². The molecule has 1 amide bonds. The summed E-state index contributed by atoms with van der Waals surface area (Å²) in [6, 6.07) is 9.31. The maximum absolute atomic E-state index is 12.2. The lowest BCUT2D eigenvalue weighted by atomic mass is 10.1. The van der Waals surface area contributed by atoms with Crippen LogP contribution in [0, 0.1) is 10.1 Å². The van der Waals surface area contributed by atoms with E-state index in [1.54, 1.807) is 6.07 Å². The van der Waals surface area contributed by atoms with Crippen molar-refractivity contribution in [1.82, 2.24) is 10.5 Å². The molecule has 3 rings (SSSR count). The summed E-state index contributed by atoms with van der Waals surface area (Å²) in [7, 11) is 0. The maximum atomic E-state index is 12.2. The van der Waals surface area contributed by atoms with Crippen LogP contribution in [0.2, 0.25) is 5.02 Å². The molecule has 2 heterocycles. The molecule has 0 atom stereocenters. The fourth-order valence-electron chi connectivity index (χ4n) is 2.05. The van der Waals surface area contributed by atoms with Gasteiger partial charge >= 0.3 is 0 Å². The van der Waals surface area contributed by atoms with Gasteiger partial charge < -0.3 is 9.84 Å². The predicted molar refractivity (Wildman–Crippen MR) is 89.1 cm³/mol. The van der Waals surface area contributed by atoms with E-state index >= 15 is 0 Å². The van der Waals surface area contributed by atoms with E-state index in [-0.39, 0.29) is 22.8 Å². The van der Waals surface area contributed by atoms with Crippen LogP contribution in [0.5, 0.6) is 0 Å². The summed E-state index contributed by atoms with van der Waals surface area (Å²) in [6.07, 6.45) is 0. The third kappa shape index (κ3) is 3.44. The number of amides is 1. The number of benzene rings is 1. The molecule has 0 saturated carbocycles. The van der Waals surface area contributed by atoms with Crippen molar-refractivity contribution in [2.24, 2.45) is 0 Å². The molecule has 2 aromatic heterocycles. The lowest BCUT2D eigenvalue weighted by Gasteiger charge is -2.04. The highest BCUT2D eigenvalue weighted by atomic mass is 35.5. The maximum Gasteiger partial charge on any atom is 0.282 e. The summed E-state index contributed by atoms with van der Waals surface area (Å²) in [5.41, 5.74) is 0.0993. The highest BCUT2D eigenvalue weighted by molar-refractivity contribution is 7.13. The summed E-state index contributed by atoms with van der Waals surface area (Å²) < 4.78 is 5.21. The van der Waals surface area contributed by atoms with Crippen LogP contribution >= 0.6 is 22.9 Å². The molecule has 0 aliphatic heterocycles. The minimum Gasteiger partial charge on any atom is -0.355 e. The fourth-order valence-corrected chi connectivity index (χ4v) is 2.89. The Hall–Kier alpha value is -2.71. The Balaban J connectivity index is 1.72. The zero-order valence-electron chi connectivity index (χ0n) is 12.1. The minimum atomic E-state index is -0.629. The van der Waals surface area contributed by atoms with E-state index in [4.69, 9.17) is 16.1 Å². The average Bonchev–Trinajstić information content (AvgIpc) is 3.23. The third-order valence-electron chi connectivity index (χ3n) is 3.15. The lowest BCUT2D eigenvalue weighted by molar-refractivity contribution is -0.385. The highest BCUT2D eigenvalue weighted by Gasteiger charge is 2.20. The first-order valence-corrected chi connectivity index (χ1v) is 8.02. The SMILES string of the molecule is O=C(NCc1cc(-c2cccs2)on1)c1cc(Cl)ccc1[N+](=O)[O-]. The molecule has 24 heavy (non-hydrogen) atoms. The van der Waals surface area contributed by atoms with Crippen LogP contribution in [0.25, 0.3) is 10.6 Å². The topological polar surface area (TPSA) is 98.3 Å². The number of hydrogen-bond acceptors (Lipinski definition) is 6. The molecule has 0 aliphatic rings. The molecule has 0 unspecified atom stereocenters. The van der Waals surface area contributed by atoms with Gasteiger partial charge in [-0.25, -0.2) is 0 Å². The van der Waals surface area contributed by atoms with Crippen LogP contribution in [0.15, 0.2) is 46.3 Å². The van der Waals surface area contributed by atoms with Crippen molar-refractivity contribution < 1.29 is 14.2 Å². The molecule has 122 valence electrons. The summed E-state index contributed by atoms with van der Waals surface area (Å²) >= 11 is 7.32. The zero-order chi connectivity index (χ0) is 17.1. The number of aromatic nitrogens is 1. The first kappa shape index (κ1) is 16.2. The largest absolute Gasteiger partial charge is 0.355 e. The molecule has 1 N–H and O–H groups in total. The molecule has 7 nitrogen and oxygen atoms in total. The standard InChI is InChI=1S/C15H10ClN3O4S/c16-9-3-4-12(19(21)22)11(6-9)15(20)17-8-10-7-13(23-18-10)14-2-1-5-24-14/h1-7H,8H2,(H,17,20). The van der Waals surface area contributed by atoms with Crippen LogP contribution in [-0.2, 0) is 6.54 Å². The molecule has 0 saturated heterocycles. The van der Waals surface area contributed by atoms with Gasteiger partial charge in [0, 0.05) is 17.2 Å². The number of halogens is 1. The van der Waals surface area contributed by atoms with Crippen molar-refractivity contribution in [2.75, 3.05) is 0 Å². The van der Waals surface area contributed by atoms with Crippen molar-refractivity contribution in [3.63, 3.8) is 0 Å².